The van der Waals surface area contributed by atoms with Crippen LogP contribution in [0.25, 0.3) is 22.4 Å². The van der Waals surface area contributed by atoms with Crippen LogP contribution in [0.15, 0.2) is 134 Å². The average molecular weight is 1650 g/mol. The van der Waals surface area contributed by atoms with Crippen LogP contribution in [-0.4, -0.2) is 230 Å². The van der Waals surface area contributed by atoms with Gasteiger partial charge in [0.1, 0.15) is 71.0 Å². The molecule has 3 aromatic heterocycles. The van der Waals surface area contributed by atoms with E-state index in [-0.39, 0.29) is 55.7 Å². The van der Waals surface area contributed by atoms with E-state index < -0.39 is 199 Å². The number of aliphatic hydroxyl groups excluding tert-OH is 2. The second kappa shape index (κ2) is 41.9. The summed E-state index contributed by atoms with van der Waals surface area (Å²) in [5, 5.41) is 76.5. The molecule has 19 N–H and O–H groups in total. The summed E-state index contributed by atoms with van der Waals surface area (Å²) in [4.78, 5) is 214. The molecule has 4 heterocycles. The number of nitrogens with zero attached hydrogens (tertiary/aromatic N) is 4. The number of aromatic nitrogens is 5. The maximum absolute atomic E-state index is 15.7. The summed E-state index contributed by atoms with van der Waals surface area (Å²) in [5.74, 6) is -16.3. The number of ether oxygens (including phenoxy) is 1. The minimum atomic E-state index is -2.44. The molecule has 1 fully saturated rings. The highest BCUT2D eigenvalue weighted by molar-refractivity contribution is 6.01. The van der Waals surface area contributed by atoms with Crippen molar-refractivity contribution < 1.29 is 102 Å². The number of hydrogen-bond donors (Lipinski definition) is 18. The van der Waals surface area contributed by atoms with E-state index in [1.807, 2.05) is 38.1 Å². The summed E-state index contributed by atoms with van der Waals surface area (Å²) in [5.41, 5.74) is 7.66. The second-order valence-corrected chi connectivity index (χ2v) is 29.2. The number of alkyl carbamates (subject to hydrolysis) is 1. The number of carbonyl (C=O) groups is 14. The lowest BCUT2D eigenvalue weighted by atomic mass is 9.90. The number of nitrogens with two attached hydrogens (primary N) is 1. The van der Waals surface area contributed by atoms with Crippen molar-refractivity contribution in [3.05, 3.63) is 179 Å². The molecule has 12 amide bonds. The van der Waals surface area contributed by atoms with Crippen molar-refractivity contribution in [2.24, 2.45) is 5.73 Å². The number of benzene rings is 4. The van der Waals surface area contributed by atoms with Crippen LogP contribution in [0.4, 0.5) is 9.18 Å². The first-order chi connectivity index (χ1) is 56.5. The van der Waals surface area contributed by atoms with Gasteiger partial charge in [-0.05, 0) is 124 Å². The van der Waals surface area contributed by atoms with E-state index in [0.717, 1.165) is 61.8 Å². The molecule has 1 aliphatic heterocycles. The maximum atomic E-state index is 15.7. The number of likely N-dealkylation sites (tertiary alicyclic amines) is 1. The number of methoxy groups -OCH3 is 1. The van der Waals surface area contributed by atoms with Crippen molar-refractivity contribution in [3.8, 4) is 28.1 Å². The predicted molar refractivity (Wildman–Crippen MR) is 423 cm³/mol. The largest absolute Gasteiger partial charge is 0.508 e. The summed E-state index contributed by atoms with van der Waals surface area (Å²) in [6, 6.07) is 13.4. The minimum absolute atomic E-state index is 0.0124. The first kappa shape index (κ1) is 91.0. The van der Waals surface area contributed by atoms with E-state index in [2.05, 4.69) is 78.1 Å². The lowest BCUT2D eigenvalue weighted by Gasteiger charge is -2.37. The summed E-state index contributed by atoms with van der Waals surface area (Å²) >= 11 is 0. The SMILES string of the molecule is CCc1cc(O)ccc1-c1ccc(C[C@H](NC(=O)[C@H](CC(=O)O)NC(=O)[C@H](Cc2c[nH]cn2)NC(=O)[C@@H](NC(=O)[C@](C)(Cc2ccccc2F)NC(=O)[C@@H](NC(=O)CNC(=O)[C@H](CCC(=O)O)NC(=O)[C@@]2(C)CCCN2C(=O)[C@H](Cc2c[nH]cn2)NC(=O)OC)[C@@H](C)O)[C@@H](C)O)C(=O)N[C@@H](Cc2ccc(-c3ccccc3C)nc2)C(N)=O)cc1. The number of amides is 12. The Balaban J connectivity index is 0.985. The van der Waals surface area contributed by atoms with Crippen molar-refractivity contribution in [1.82, 2.24) is 83.0 Å². The number of phenols is 1. The lowest BCUT2D eigenvalue weighted by Crippen LogP contribution is -2.67. The van der Waals surface area contributed by atoms with Gasteiger partial charge in [0.2, 0.25) is 65.0 Å². The van der Waals surface area contributed by atoms with Crippen molar-refractivity contribution in [2.45, 2.75) is 184 Å². The number of primary amides is 1. The van der Waals surface area contributed by atoms with Crippen LogP contribution in [0.5, 0.6) is 5.75 Å². The molecular weight excluding hydrogens is 1550 g/mol. The van der Waals surface area contributed by atoms with Crippen LogP contribution < -0.4 is 58.9 Å². The number of rotatable bonds is 41. The third-order valence-corrected chi connectivity index (χ3v) is 20.1. The van der Waals surface area contributed by atoms with E-state index in [9.17, 15) is 92.7 Å². The number of hydrogen-bond acceptors (Lipinski definition) is 21. The molecule has 1 saturated heterocycles. The highest BCUT2D eigenvalue weighted by Gasteiger charge is 2.49. The fourth-order valence-corrected chi connectivity index (χ4v) is 13.5. The normalized spacial score (nSPS) is 16.1. The Bertz CT molecular complexity index is 4800. The number of imidazole rings is 2. The Morgan fingerprint density at radius 3 is 1.81 bits per heavy atom. The van der Waals surface area contributed by atoms with E-state index in [1.54, 1.807) is 48.5 Å². The highest BCUT2D eigenvalue weighted by Crippen LogP contribution is 2.32. The molecule has 7 aromatic rings. The van der Waals surface area contributed by atoms with Crippen LogP contribution >= 0.6 is 0 Å². The predicted octanol–water partition coefficient (Wildman–Crippen LogP) is 0.167. The summed E-state index contributed by atoms with van der Waals surface area (Å²) in [6.07, 6.45) is -1.27. The molecule has 0 radical (unpaired) electrons. The fourth-order valence-electron chi connectivity index (χ4n) is 13.5. The molecule has 0 bridgehead atoms. The number of aliphatic carboxylic acids is 2. The Morgan fingerprint density at radius 1 is 0.630 bits per heavy atom. The van der Waals surface area contributed by atoms with Crippen molar-refractivity contribution in [3.63, 3.8) is 0 Å². The Labute approximate surface area is 682 Å². The molecule has 38 heteroatoms. The van der Waals surface area contributed by atoms with Gasteiger partial charge in [0.25, 0.3) is 0 Å². The van der Waals surface area contributed by atoms with Gasteiger partial charge in [-0.3, -0.25) is 67.3 Å². The fraction of sp³-hybridized carbons (Fsp3) is 0.395. The third-order valence-electron chi connectivity index (χ3n) is 20.1. The number of carboxylic acid groups (broad SMARTS) is 2. The summed E-state index contributed by atoms with van der Waals surface area (Å²) in [7, 11) is 1.08. The molecule has 0 aliphatic carbocycles. The number of nitrogens with one attached hydrogen (secondary N) is 12. The van der Waals surface area contributed by atoms with Crippen molar-refractivity contribution in [1.29, 1.82) is 0 Å². The van der Waals surface area contributed by atoms with Gasteiger partial charge in [0.05, 0.1) is 62.0 Å². The van der Waals surface area contributed by atoms with Gasteiger partial charge in [-0.15, -0.1) is 0 Å². The number of phenolic OH excluding ortho intramolecular Hbond substituents is 1. The van der Waals surface area contributed by atoms with Gasteiger partial charge < -0.3 is 104 Å². The van der Waals surface area contributed by atoms with Gasteiger partial charge in [-0.25, -0.2) is 19.2 Å². The zero-order valence-electron chi connectivity index (χ0n) is 66.3. The average Bonchev–Trinajstić information content (AvgIpc) is 1.68. The minimum Gasteiger partial charge on any atom is -0.508 e. The number of carboxylic acids is 2. The van der Waals surface area contributed by atoms with E-state index in [0.29, 0.717) is 28.9 Å². The van der Waals surface area contributed by atoms with Gasteiger partial charge >= 0.3 is 18.0 Å². The Hall–Kier alpha value is -13.5. The highest BCUT2D eigenvalue weighted by atomic mass is 19.1. The molecule has 1 aliphatic rings. The first-order valence-corrected chi connectivity index (χ1v) is 38.1. The molecule has 4 aromatic carbocycles. The van der Waals surface area contributed by atoms with Crippen LogP contribution in [0.1, 0.15) is 106 Å². The van der Waals surface area contributed by atoms with Gasteiger partial charge in [0.15, 0.2) is 0 Å². The smallest absolute Gasteiger partial charge is 0.407 e. The number of aryl methyl sites for hydroxylation is 2. The monoisotopic (exact) mass is 1650 g/mol. The topological polar surface area (TPSA) is 569 Å². The van der Waals surface area contributed by atoms with E-state index >= 15 is 4.39 Å². The zero-order chi connectivity index (χ0) is 87.0. The number of H-pyrrole nitrogens is 2. The molecule has 12 atom stereocenters. The molecular formula is C81H98FN17O20. The molecule has 0 saturated carbocycles. The van der Waals surface area contributed by atoms with Gasteiger partial charge in [-0.2, -0.15) is 0 Å². The molecule has 634 valence electrons. The Kier molecular flexibility index (Phi) is 32.0. The van der Waals surface area contributed by atoms with Crippen LogP contribution in [0.2, 0.25) is 0 Å². The number of aromatic hydroxyl groups is 1. The quantitative estimate of drug-likeness (QED) is 0.0243. The van der Waals surface area contributed by atoms with E-state index in [1.165, 1.54) is 67.3 Å². The van der Waals surface area contributed by atoms with Crippen molar-refractivity contribution >= 4 is 83.0 Å². The molecule has 8 rings (SSSR count). The number of halogens is 1. The van der Waals surface area contributed by atoms with Crippen LogP contribution in [0.3, 0.4) is 0 Å². The summed E-state index contributed by atoms with van der Waals surface area (Å²) < 4.78 is 20.4. The maximum Gasteiger partial charge on any atom is 0.407 e. The van der Waals surface area contributed by atoms with Crippen LogP contribution in [0, 0.1) is 12.7 Å². The number of aromatic amines is 2. The number of pyridine rings is 1. The zero-order valence-corrected chi connectivity index (χ0v) is 66.3. The third kappa shape index (κ3) is 25.2. The van der Waals surface area contributed by atoms with Gasteiger partial charge in [0, 0.05) is 69.2 Å². The Morgan fingerprint density at radius 2 is 1.22 bits per heavy atom. The molecule has 119 heavy (non-hydrogen) atoms. The molecule has 37 nitrogen and oxygen atoms in total. The van der Waals surface area contributed by atoms with Crippen molar-refractivity contribution in [2.75, 3.05) is 20.2 Å². The van der Waals surface area contributed by atoms with E-state index in [4.69, 9.17) is 10.5 Å². The van der Waals surface area contributed by atoms with Crippen LogP contribution in [-0.2, 0) is 106 Å². The first-order valence-electron chi connectivity index (χ1n) is 38.1. The standard InChI is InChI=1S/C81H98FN17O20/c1-8-48-32-53(102)23-24-55(48)49-21-18-46(19-22-49)30-60(71(110)90-59(69(83)108)31-47-20-25-57(86-37-47)54-16-11-9-14-43(54)2)91-73(112)62(35-66(106)107)92-72(111)61(33-51-38-84-41-88-51)93-74(113)67(44(3)100)97-77(116)80(5,36-50-15-10-12-17-56(50)82)98-75(114)68(45(4)101)96-64(103)40-87-70(109)58(26-27-65(104)105)94-78(117)81(6)28-13-29-99(81)76(115)63(95-79(118)119-7)34-52-39-85-42-89-52/h9-12,14-25,32,37-39,41-42,44-45,58-63,67-68,100-102H,8,13,26-31,33-36,40H2,1-7H3,(H2,83,108)(H,84,88)(H,85,89)(H,87,109)(H,90,110)(H,91,112)(H,92,111)(H,93,113)(H,94,117)(H,95,118)(H,96,103)(H,97,116)(H,98,114)(H,104,105)(H,106,107)/t44-,45-,58+,59+,60+,61+,62+,63+,67+,68+,80+,81-/m1/s1. The lowest BCUT2D eigenvalue weighted by molar-refractivity contribution is -0.146. The van der Waals surface area contributed by atoms with Gasteiger partial charge in [-0.1, -0.05) is 85.8 Å². The molecule has 0 unspecified atom stereocenters. The summed E-state index contributed by atoms with van der Waals surface area (Å²) in [6.45, 7) is 7.37. The number of aliphatic hydroxyl groups is 2. The second-order valence-electron chi connectivity index (χ2n) is 29.2. The molecule has 0 spiro atoms. The number of carbonyl (C=O) groups excluding carboxylic acids is 12.